The van der Waals surface area contributed by atoms with Crippen LogP contribution in [0.2, 0.25) is 0 Å². The molecule has 2 aromatic rings. The van der Waals surface area contributed by atoms with Crippen LogP contribution in [0.5, 0.6) is 0 Å². The fourth-order valence-corrected chi connectivity index (χ4v) is 3.20. The molecule has 2 rings (SSSR count). The third-order valence-electron chi connectivity index (χ3n) is 2.81. The van der Waals surface area contributed by atoms with E-state index in [9.17, 15) is 0 Å². The van der Waals surface area contributed by atoms with Crippen LogP contribution in [0.25, 0.3) is 0 Å². The summed E-state index contributed by atoms with van der Waals surface area (Å²) in [5.74, 6) is 0. The smallest absolute Gasteiger partial charge is 0.172 e. The molecule has 108 valence electrons. The van der Waals surface area contributed by atoms with Gasteiger partial charge in [-0.25, -0.2) is 4.98 Å². The number of ether oxygens (including phenoxy) is 1. The molecule has 0 fully saturated rings. The zero-order valence-electron chi connectivity index (χ0n) is 11.6. The van der Waals surface area contributed by atoms with E-state index in [1.54, 1.807) is 18.9 Å². The van der Waals surface area contributed by atoms with E-state index in [1.165, 1.54) is 10.5 Å². The second-order valence-corrected chi connectivity index (χ2v) is 6.24. The maximum Gasteiger partial charge on any atom is 0.172 e. The summed E-state index contributed by atoms with van der Waals surface area (Å²) in [5.41, 5.74) is 1.24. The van der Waals surface area contributed by atoms with Crippen molar-refractivity contribution in [2.24, 2.45) is 7.05 Å². The third kappa shape index (κ3) is 4.34. The van der Waals surface area contributed by atoms with Gasteiger partial charge in [0, 0.05) is 49.0 Å². The Morgan fingerprint density at radius 3 is 2.95 bits per heavy atom. The molecule has 0 aliphatic carbocycles. The Hall–Kier alpha value is -0.820. The number of rotatable bonds is 7. The van der Waals surface area contributed by atoms with Crippen LogP contribution in [0.3, 0.4) is 0 Å². The van der Waals surface area contributed by atoms with E-state index in [0.717, 1.165) is 29.3 Å². The molecule has 0 saturated carbocycles. The Morgan fingerprint density at radius 2 is 2.30 bits per heavy atom. The van der Waals surface area contributed by atoms with Gasteiger partial charge in [0.05, 0.1) is 6.61 Å². The molecule has 1 N–H and O–H groups in total. The fraction of sp³-hybridized carbons (Fsp3) is 0.357. The number of imidazole rings is 1. The first-order valence-electron chi connectivity index (χ1n) is 6.34. The van der Waals surface area contributed by atoms with Crippen molar-refractivity contribution in [3.8, 4) is 0 Å². The molecular formula is C14H18BrN3OS. The molecule has 0 saturated heterocycles. The largest absolute Gasteiger partial charge is 0.383 e. The first kappa shape index (κ1) is 15.6. The predicted octanol–water partition coefficient (Wildman–Crippen LogP) is 3.07. The van der Waals surface area contributed by atoms with Crippen molar-refractivity contribution in [2.45, 2.75) is 16.6 Å². The molecule has 6 heteroatoms. The second kappa shape index (κ2) is 7.83. The zero-order chi connectivity index (χ0) is 14.4. The summed E-state index contributed by atoms with van der Waals surface area (Å²) in [6, 6.07) is 6.39. The van der Waals surface area contributed by atoms with Crippen molar-refractivity contribution in [1.29, 1.82) is 0 Å². The van der Waals surface area contributed by atoms with Crippen LogP contribution in [0.4, 0.5) is 0 Å². The Bertz CT molecular complexity index is 559. The minimum absolute atomic E-state index is 0.727. The van der Waals surface area contributed by atoms with Crippen molar-refractivity contribution in [3.05, 3.63) is 40.6 Å². The summed E-state index contributed by atoms with van der Waals surface area (Å²) in [7, 11) is 3.71. The van der Waals surface area contributed by atoms with Gasteiger partial charge in [0.15, 0.2) is 5.16 Å². The average Bonchev–Trinajstić information content (AvgIpc) is 2.82. The molecule has 0 radical (unpaired) electrons. The monoisotopic (exact) mass is 355 g/mol. The summed E-state index contributed by atoms with van der Waals surface area (Å²) in [6.07, 6.45) is 3.76. The molecule has 0 unspecified atom stereocenters. The maximum atomic E-state index is 5.01. The highest BCUT2D eigenvalue weighted by Crippen LogP contribution is 2.29. The first-order chi connectivity index (χ1) is 9.70. The SMILES string of the molecule is COCCNCc1ccc(Sc2nccn2C)cc1Br. The van der Waals surface area contributed by atoms with E-state index in [4.69, 9.17) is 4.74 Å². The van der Waals surface area contributed by atoms with Crippen molar-refractivity contribution in [1.82, 2.24) is 14.9 Å². The number of nitrogens with zero attached hydrogens (tertiary/aromatic N) is 2. The number of aryl methyl sites for hydroxylation is 1. The summed E-state index contributed by atoms with van der Waals surface area (Å²) >= 11 is 5.28. The lowest BCUT2D eigenvalue weighted by Gasteiger charge is -2.08. The number of benzene rings is 1. The molecule has 1 heterocycles. The van der Waals surface area contributed by atoms with Gasteiger partial charge in [-0.1, -0.05) is 33.8 Å². The van der Waals surface area contributed by atoms with E-state index in [2.05, 4.69) is 44.4 Å². The highest BCUT2D eigenvalue weighted by atomic mass is 79.9. The predicted molar refractivity (Wildman–Crippen MR) is 85.1 cm³/mol. The molecule has 0 bridgehead atoms. The Labute approximate surface area is 132 Å². The molecule has 4 nitrogen and oxygen atoms in total. The van der Waals surface area contributed by atoms with Crippen molar-refractivity contribution >= 4 is 27.7 Å². The van der Waals surface area contributed by atoms with Gasteiger partial charge in [0.25, 0.3) is 0 Å². The molecule has 0 aliphatic heterocycles. The summed E-state index contributed by atoms with van der Waals surface area (Å²) in [4.78, 5) is 5.49. The summed E-state index contributed by atoms with van der Waals surface area (Å²) < 4.78 is 8.14. The van der Waals surface area contributed by atoms with Crippen LogP contribution in [-0.4, -0.2) is 29.8 Å². The van der Waals surface area contributed by atoms with Crippen LogP contribution < -0.4 is 5.32 Å². The highest BCUT2D eigenvalue weighted by Gasteiger charge is 2.05. The number of hydrogen-bond donors (Lipinski definition) is 1. The summed E-state index contributed by atoms with van der Waals surface area (Å²) in [5, 5.41) is 4.33. The minimum Gasteiger partial charge on any atom is -0.383 e. The number of methoxy groups -OCH3 is 1. The zero-order valence-corrected chi connectivity index (χ0v) is 14.0. The Morgan fingerprint density at radius 1 is 1.45 bits per heavy atom. The van der Waals surface area contributed by atoms with Gasteiger partial charge in [-0.05, 0) is 17.7 Å². The highest BCUT2D eigenvalue weighted by molar-refractivity contribution is 9.10. The minimum atomic E-state index is 0.727. The van der Waals surface area contributed by atoms with Crippen LogP contribution in [0.1, 0.15) is 5.56 Å². The van der Waals surface area contributed by atoms with E-state index in [-0.39, 0.29) is 0 Å². The first-order valence-corrected chi connectivity index (χ1v) is 7.95. The third-order valence-corrected chi connectivity index (χ3v) is 4.61. The molecular weight excluding hydrogens is 338 g/mol. The number of halogens is 1. The molecule has 1 aromatic heterocycles. The topological polar surface area (TPSA) is 39.1 Å². The Balaban J connectivity index is 1.97. The van der Waals surface area contributed by atoms with Gasteiger partial charge in [-0.2, -0.15) is 0 Å². The van der Waals surface area contributed by atoms with Gasteiger partial charge in [-0.15, -0.1) is 0 Å². The van der Waals surface area contributed by atoms with Gasteiger partial charge in [0.1, 0.15) is 0 Å². The van der Waals surface area contributed by atoms with Crippen LogP contribution in [0.15, 0.2) is 45.1 Å². The van der Waals surface area contributed by atoms with Crippen molar-refractivity contribution in [2.75, 3.05) is 20.3 Å². The quantitative estimate of drug-likeness (QED) is 0.774. The summed E-state index contributed by atoms with van der Waals surface area (Å²) in [6.45, 7) is 2.41. The lowest BCUT2D eigenvalue weighted by Crippen LogP contribution is -2.18. The molecule has 0 spiro atoms. The van der Waals surface area contributed by atoms with Crippen LogP contribution in [-0.2, 0) is 18.3 Å². The second-order valence-electron chi connectivity index (χ2n) is 4.35. The lowest BCUT2D eigenvalue weighted by molar-refractivity contribution is 0.199. The van der Waals surface area contributed by atoms with Gasteiger partial charge >= 0.3 is 0 Å². The average molecular weight is 356 g/mol. The number of nitrogens with one attached hydrogen (secondary N) is 1. The van der Waals surface area contributed by atoms with E-state index < -0.39 is 0 Å². The molecule has 20 heavy (non-hydrogen) atoms. The van der Waals surface area contributed by atoms with Gasteiger partial charge in [-0.3, -0.25) is 0 Å². The Kier molecular flexibility index (Phi) is 6.09. The standard InChI is InChI=1S/C14H18BrN3OS/c1-18-7-5-17-14(18)20-12-4-3-11(13(15)9-12)10-16-6-8-19-2/h3-5,7,9,16H,6,8,10H2,1-2H3. The number of aromatic nitrogens is 2. The molecule has 1 aromatic carbocycles. The van der Waals surface area contributed by atoms with E-state index >= 15 is 0 Å². The van der Waals surface area contributed by atoms with Gasteiger partial charge < -0.3 is 14.6 Å². The van der Waals surface area contributed by atoms with Crippen LogP contribution in [0, 0.1) is 0 Å². The molecule has 0 aliphatic rings. The lowest BCUT2D eigenvalue weighted by atomic mass is 10.2. The van der Waals surface area contributed by atoms with Crippen LogP contribution >= 0.6 is 27.7 Å². The van der Waals surface area contributed by atoms with Crippen molar-refractivity contribution < 1.29 is 4.74 Å². The maximum absolute atomic E-state index is 5.01. The molecule has 0 amide bonds. The van der Waals surface area contributed by atoms with Crippen molar-refractivity contribution in [3.63, 3.8) is 0 Å². The number of hydrogen-bond acceptors (Lipinski definition) is 4. The van der Waals surface area contributed by atoms with Gasteiger partial charge in [0.2, 0.25) is 0 Å². The fourth-order valence-electron chi connectivity index (χ4n) is 1.69. The molecule has 0 atom stereocenters. The van der Waals surface area contributed by atoms with E-state index in [0.29, 0.717) is 0 Å². The van der Waals surface area contributed by atoms with E-state index in [1.807, 2.05) is 24.0 Å². The normalized spacial score (nSPS) is 10.9.